The molecule has 0 bridgehead atoms. The van der Waals surface area contributed by atoms with E-state index in [4.69, 9.17) is 18.9 Å². The Hall–Kier alpha value is -5.80. The normalized spacial score (nSPS) is 10.7. The van der Waals surface area contributed by atoms with Crippen molar-refractivity contribution in [1.29, 1.82) is 0 Å². The first-order valence-electron chi connectivity index (χ1n) is 21.9. The minimum Gasteiger partial charge on any atom is -0.490 e. The van der Waals surface area contributed by atoms with Gasteiger partial charge in [-0.3, -0.25) is 0 Å². The second-order valence-electron chi connectivity index (χ2n) is 15.1. The average Bonchev–Trinajstić information content (AvgIpc) is 3.29. The summed E-state index contributed by atoms with van der Waals surface area (Å²) >= 11 is 0. The van der Waals surface area contributed by atoms with Gasteiger partial charge in [-0.1, -0.05) is 88.9 Å². The molecule has 0 saturated heterocycles. The van der Waals surface area contributed by atoms with Crippen molar-refractivity contribution in [1.82, 2.24) is 0 Å². The topological polar surface area (TPSA) is 36.9 Å². The van der Waals surface area contributed by atoms with E-state index in [0.29, 0.717) is 25.7 Å². The van der Waals surface area contributed by atoms with Crippen LogP contribution in [0.3, 0.4) is 0 Å². The van der Waals surface area contributed by atoms with Crippen molar-refractivity contribution in [2.75, 3.05) is 26.4 Å². The second kappa shape index (κ2) is 27.4. The summed E-state index contributed by atoms with van der Waals surface area (Å²) in [5.74, 6) is 5.22. The summed E-state index contributed by atoms with van der Waals surface area (Å²) in [4.78, 5) is 0. The first-order valence-corrected chi connectivity index (χ1v) is 21.9. The van der Waals surface area contributed by atoms with E-state index in [9.17, 15) is 35.1 Å². The summed E-state index contributed by atoms with van der Waals surface area (Å²) in [6.07, 6.45) is 11.4. The van der Waals surface area contributed by atoms with E-state index < -0.39 is 46.5 Å². The van der Waals surface area contributed by atoms with Crippen LogP contribution in [0.25, 0.3) is 0 Å². The molecular weight excluding hydrogens is 841 g/mol. The molecule has 0 aromatic heterocycles. The van der Waals surface area contributed by atoms with Gasteiger partial charge in [0.2, 0.25) is 23.3 Å². The zero-order valence-electron chi connectivity index (χ0n) is 36.6. The van der Waals surface area contributed by atoms with E-state index >= 15 is 0 Å². The Kier molecular flexibility index (Phi) is 21.8. The fourth-order valence-electron chi connectivity index (χ4n) is 6.43. The van der Waals surface area contributed by atoms with Gasteiger partial charge >= 0.3 is 0 Å². The van der Waals surface area contributed by atoms with Crippen LogP contribution in [0.15, 0.2) is 48.5 Å². The molecule has 0 aliphatic rings. The SMILES string of the molecule is CC#CC(CCCCCCOc1ccc(C#Cc2ccc(OCCCC)c(F)c2F)c(F)c1F)CCCCCCOc1ccc(C#Cc2ccc(OCCCC)c(F)c2F)c(F)c1F. The molecule has 0 atom stereocenters. The van der Waals surface area contributed by atoms with Crippen molar-refractivity contribution in [3.8, 4) is 58.5 Å². The minimum absolute atomic E-state index is 0.180. The van der Waals surface area contributed by atoms with Crippen molar-refractivity contribution in [2.45, 2.75) is 111 Å². The first-order chi connectivity index (χ1) is 31.0. The molecule has 0 aliphatic carbocycles. The summed E-state index contributed by atoms with van der Waals surface area (Å²) in [5, 5.41) is 0. The predicted molar refractivity (Wildman–Crippen MR) is 232 cm³/mol. The quantitative estimate of drug-likeness (QED) is 0.0399. The van der Waals surface area contributed by atoms with Crippen LogP contribution in [0.4, 0.5) is 35.1 Å². The summed E-state index contributed by atoms with van der Waals surface area (Å²) < 4.78 is 138. The maximum Gasteiger partial charge on any atom is 0.201 e. The lowest BCUT2D eigenvalue weighted by Gasteiger charge is -2.12. The van der Waals surface area contributed by atoms with Crippen LogP contribution in [0, 0.1) is 88.0 Å². The van der Waals surface area contributed by atoms with Gasteiger partial charge < -0.3 is 18.9 Å². The van der Waals surface area contributed by atoms with E-state index in [1.165, 1.54) is 48.5 Å². The van der Waals surface area contributed by atoms with Gasteiger partial charge in [0.15, 0.2) is 46.3 Å². The Balaban J connectivity index is 1.11. The monoisotopic (exact) mass is 894 g/mol. The van der Waals surface area contributed by atoms with Gasteiger partial charge in [-0.25, -0.2) is 17.6 Å². The zero-order valence-corrected chi connectivity index (χ0v) is 36.6. The number of unbranched alkanes of at least 4 members (excludes halogenated alkanes) is 8. The number of halogens is 8. The van der Waals surface area contributed by atoms with Crippen molar-refractivity contribution in [3.05, 3.63) is 117 Å². The highest BCUT2D eigenvalue weighted by Gasteiger charge is 2.18. The van der Waals surface area contributed by atoms with Crippen molar-refractivity contribution in [3.63, 3.8) is 0 Å². The van der Waals surface area contributed by atoms with Gasteiger partial charge in [0.1, 0.15) is 0 Å². The average molecular weight is 895 g/mol. The van der Waals surface area contributed by atoms with Crippen molar-refractivity contribution in [2.24, 2.45) is 5.92 Å². The van der Waals surface area contributed by atoms with Crippen LogP contribution in [-0.2, 0) is 0 Å². The standard InChI is InChI=1S/C52H54F8O4/c1-4-7-32-61-41-28-24-37(45(53)49(41)57)20-22-39-26-30-43(51(59)47(39)55)63-34-15-11-9-13-18-36(17-6-3)19-14-10-12-16-35-64-44-31-27-40(48(56)52(44)60)23-21-38-25-29-42(50(58)46(38)54)62-33-8-5-2/h24-31,36H,4-5,7-16,18-19,32-35H2,1-3H3. The van der Waals surface area contributed by atoms with Crippen molar-refractivity contribution >= 4 is 0 Å². The number of hydrogen-bond donors (Lipinski definition) is 0. The molecule has 0 radical (unpaired) electrons. The van der Waals surface area contributed by atoms with Crippen LogP contribution in [0.1, 0.15) is 133 Å². The molecule has 0 fully saturated rings. The number of benzene rings is 4. The Morgan fingerprint density at radius 3 is 0.938 bits per heavy atom. The molecule has 0 amide bonds. The largest absolute Gasteiger partial charge is 0.490 e. The lowest BCUT2D eigenvalue weighted by molar-refractivity contribution is 0.283. The molecule has 342 valence electrons. The maximum absolute atomic E-state index is 14.8. The van der Waals surface area contributed by atoms with Gasteiger partial charge in [-0.15, -0.1) is 11.8 Å². The van der Waals surface area contributed by atoms with Crippen LogP contribution in [-0.4, -0.2) is 26.4 Å². The molecule has 12 heteroatoms. The highest BCUT2D eigenvalue weighted by Crippen LogP contribution is 2.27. The Morgan fingerprint density at radius 2 is 0.656 bits per heavy atom. The van der Waals surface area contributed by atoms with Crippen LogP contribution in [0.2, 0.25) is 0 Å². The zero-order chi connectivity index (χ0) is 46.3. The van der Waals surface area contributed by atoms with Gasteiger partial charge in [0, 0.05) is 5.92 Å². The Morgan fingerprint density at radius 1 is 0.375 bits per heavy atom. The van der Waals surface area contributed by atoms with E-state index in [1.54, 1.807) is 6.92 Å². The van der Waals surface area contributed by atoms with Gasteiger partial charge in [0.05, 0.1) is 48.7 Å². The third-order valence-electron chi connectivity index (χ3n) is 10.1. The summed E-state index contributed by atoms with van der Waals surface area (Å²) in [6, 6.07) is 9.92. The van der Waals surface area contributed by atoms with E-state index in [2.05, 4.69) is 35.5 Å². The summed E-state index contributed by atoms with van der Waals surface area (Å²) in [5.41, 5.74) is -1.27. The highest BCUT2D eigenvalue weighted by atomic mass is 19.2. The lowest BCUT2D eigenvalue weighted by atomic mass is 9.95. The number of ether oxygens (including phenoxy) is 4. The van der Waals surface area contributed by atoms with E-state index in [-0.39, 0.29) is 77.6 Å². The second-order valence-corrected chi connectivity index (χ2v) is 15.1. The molecule has 64 heavy (non-hydrogen) atoms. The molecule has 0 unspecified atom stereocenters. The molecular formula is C52H54F8O4. The molecule has 0 heterocycles. The van der Waals surface area contributed by atoms with Gasteiger partial charge in [-0.2, -0.15) is 17.6 Å². The Labute approximate surface area is 372 Å². The Bertz CT molecular complexity index is 2180. The lowest BCUT2D eigenvalue weighted by Crippen LogP contribution is -2.03. The molecule has 0 N–H and O–H groups in total. The third-order valence-corrected chi connectivity index (χ3v) is 10.1. The van der Waals surface area contributed by atoms with E-state index in [0.717, 1.165) is 64.2 Å². The van der Waals surface area contributed by atoms with Crippen molar-refractivity contribution < 1.29 is 54.1 Å². The number of rotatable bonds is 24. The van der Waals surface area contributed by atoms with E-state index in [1.807, 2.05) is 13.8 Å². The molecule has 0 saturated carbocycles. The minimum atomic E-state index is -1.24. The summed E-state index contributed by atoms with van der Waals surface area (Å²) in [6.45, 7) is 6.51. The smallest absolute Gasteiger partial charge is 0.201 e. The molecule has 0 aliphatic heterocycles. The summed E-state index contributed by atoms with van der Waals surface area (Å²) in [7, 11) is 0. The highest BCUT2D eigenvalue weighted by molar-refractivity contribution is 5.49. The molecule has 0 spiro atoms. The van der Waals surface area contributed by atoms with Gasteiger partial charge in [0.25, 0.3) is 0 Å². The fourth-order valence-corrected chi connectivity index (χ4v) is 6.43. The third kappa shape index (κ3) is 15.5. The molecule has 4 aromatic carbocycles. The van der Waals surface area contributed by atoms with Crippen LogP contribution < -0.4 is 18.9 Å². The van der Waals surface area contributed by atoms with Crippen LogP contribution in [0.5, 0.6) is 23.0 Å². The first kappa shape index (κ1) is 50.8. The fraction of sp³-hybridized carbons (Fsp3) is 0.423. The molecule has 4 nitrogen and oxygen atoms in total. The molecule has 4 aromatic rings. The van der Waals surface area contributed by atoms with Crippen LogP contribution >= 0.6 is 0 Å². The van der Waals surface area contributed by atoms with Gasteiger partial charge in [-0.05, 0) is 94.0 Å². The number of hydrogen-bond acceptors (Lipinski definition) is 4. The molecule has 4 rings (SSSR count). The predicted octanol–water partition coefficient (Wildman–Crippen LogP) is 14.0. The maximum atomic E-state index is 14.8.